The maximum absolute atomic E-state index is 6.16. The fourth-order valence-corrected chi connectivity index (χ4v) is 4.29. The molecule has 166 valence electrons. The van der Waals surface area contributed by atoms with E-state index < -0.39 is 0 Å². The van der Waals surface area contributed by atoms with Crippen molar-refractivity contribution in [3.63, 3.8) is 0 Å². The van der Waals surface area contributed by atoms with Crippen LogP contribution in [0.15, 0.2) is 91.1 Å². The zero-order chi connectivity index (χ0) is 22.7. The molecule has 34 heavy (non-hydrogen) atoms. The van der Waals surface area contributed by atoms with Crippen LogP contribution in [0.1, 0.15) is 12.1 Å². The molecule has 0 amide bonds. The molecule has 2 aromatic heterocycles. The Labute approximate surface area is 197 Å². The summed E-state index contributed by atoms with van der Waals surface area (Å²) in [5, 5.41) is 18.0. The highest BCUT2D eigenvalue weighted by Crippen LogP contribution is 2.35. The average Bonchev–Trinajstić information content (AvgIpc) is 2.91. The van der Waals surface area contributed by atoms with Gasteiger partial charge in [0.25, 0.3) is 0 Å². The van der Waals surface area contributed by atoms with E-state index in [2.05, 4.69) is 50.1 Å². The first-order chi connectivity index (χ1) is 16.8. The summed E-state index contributed by atoms with van der Waals surface area (Å²) in [6.07, 6.45) is 3.87. The Bertz CT molecular complexity index is 1450. The van der Waals surface area contributed by atoms with Crippen molar-refractivity contribution < 1.29 is 4.74 Å². The van der Waals surface area contributed by atoms with E-state index in [-0.39, 0.29) is 0 Å². The number of benzene rings is 3. The number of fused-ring (bicyclic) bond motifs is 2. The molecule has 0 unspecified atom stereocenters. The molecule has 1 aliphatic heterocycles. The normalized spacial score (nSPS) is 12.6. The third kappa shape index (κ3) is 3.90. The first kappa shape index (κ1) is 20.2. The molecule has 0 saturated heterocycles. The van der Waals surface area contributed by atoms with Crippen molar-refractivity contribution in [1.29, 1.82) is 0 Å². The largest absolute Gasteiger partial charge is 0.455 e. The molecule has 6 nitrogen and oxygen atoms in total. The molecule has 0 atom stereocenters. The summed E-state index contributed by atoms with van der Waals surface area (Å²) in [6.45, 7) is 0.940. The van der Waals surface area contributed by atoms with Crippen LogP contribution in [0.2, 0.25) is 0 Å². The average molecular weight is 446 g/mol. The smallest absolute Gasteiger partial charge is 0.161 e. The Morgan fingerprint density at radius 1 is 0.794 bits per heavy atom. The van der Waals surface area contributed by atoms with Crippen LogP contribution < -0.4 is 15.4 Å². The van der Waals surface area contributed by atoms with Crippen molar-refractivity contribution in [3.8, 4) is 22.8 Å². The summed E-state index contributed by atoms with van der Waals surface area (Å²) in [5.74, 6) is 2.29. The van der Waals surface area contributed by atoms with Gasteiger partial charge >= 0.3 is 0 Å². The number of aromatic nitrogens is 3. The van der Waals surface area contributed by atoms with Crippen LogP contribution in [0.5, 0.6) is 11.5 Å². The van der Waals surface area contributed by atoms with Gasteiger partial charge in [-0.15, -0.1) is 10.2 Å². The van der Waals surface area contributed by atoms with E-state index in [9.17, 15) is 0 Å². The standard InChI is InChI=1S/C28H23N5O/c1-2-7-19(8-3-1)26-22-9-4-5-10-23(22)28(33-32-26)31-20-12-14-21(15-13-20)34-25-16-18-29-24-11-6-17-30-27(24)25/h1-5,7-10,12-16,18,30H,6,11,17H2,(H,31,33). The summed E-state index contributed by atoms with van der Waals surface area (Å²) in [6, 6.07) is 28.1. The number of anilines is 3. The minimum absolute atomic E-state index is 0.719. The molecule has 0 fully saturated rings. The second-order valence-corrected chi connectivity index (χ2v) is 8.22. The van der Waals surface area contributed by atoms with E-state index >= 15 is 0 Å². The maximum Gasteiger partial charge on any atom is 0.161 e. The van der Waals surface area contributed by atoms with Crippen molar-refractivity contribution in [2.24, 2.45) is 0 Å². The monoisotopic (exact) mass is 445 g/mol. The highest BCUT2D eigenvalue weighted by molar-refractivity contribution is 6.00. The van der Waals surface area contributed by atoms with Gasteiger partial charge in [-0.25, -0.2) is 0 Å². The van der Waals surface area contributed by atoms with Gasteiger partial charge in [0.15, 0.2) is 11.6 Å². The number of nitrogens with zero attached hydrogens (tertiary/aromatic N) is 3. The van der Waals surface area contributed by atoms with Crippen LogP contribution in [0.4, 0.5) is 17.2 Å². The Balaban J connectivity index is 1.26. The molecule has 0 saturated carbocycles. The van der Waals surface area contributed by atoms with Gasteiger partial charge in [0.2, 0.25) is 0 Å². The van der Waals surface area contributed by atoms with Crippen molar-refractivity contribution >= 4 is 28.0 Å². The van der Waals surface area contributed by atoms with E-state index in [1.807, 2.05) is 60.7 Å². The van der Waals surface area contributed by atoms with Gasteiger partial charge in [-0.3, -0.25) is 4.98 Å². The number of pyridine rings is 1. The van der Waals surface area contributed by atoms with E-state index in [0.717, 1.165) is 75.8 Å². The van der Waals surface area contributed by atoms with Crippen LogP contribution in [0.25, 0.3) is 22.0 Å². The van der Waals surface area contributed by atoms with Crippen LogP contribution in [-0.2, 0) is 6.42 Å². The second kappa shape index (κ2) is 8.83. The number of ether oxygens (including phenoxy) is 1. The molecule has 6 heteroatoms. The summed E-state index contributed by atoms with van der Waals surface area (Å²) < 4.78 is 6.16. The quantitative estimate of drug-likeness (QED) is 0.318. The van der Waals surface area contributed by atoms with Crippen molar-refractivity contribution in [1.82, 2.24) is 15.2 Å². The number of hydrogen-bond acceptors (Lipinski definition) is 6. The van der Waals surface area contributed by atoms with E-state index in [1.54, 1.807) is 6.20 Å². The third-order valence-corrected chi connectivity index (χ3v) is 5.96. The second-order valence-electron chi connectivity index (χ2n) is 8.22. The van der Waals surface area contributed by atoms with E-state index in [1.165, 1.54) is 0 Å². The zero-order valence-electron chi connectivity index (χ0n) is 18.5. The highest BCUT2D eigenvalue weighted by atomic mass is 16.5. The topological polar surface area (TPSA) is 72.0 Å². The third-order valence-electron chi connectivity index (χ3n) is 5.96. The molecular weight excluding hydrogens is 422 g/mol. The lowest BCUT2D eigenvalue weighted by Gasteiger charge is -2.20. The maximum atomic E-state index is 6.16. The van der Waals surface area contributed by atoms with Gasteiger partial charge in [-0.1, -0.05) is 54.6 Å². The van der Waals surface area contributed by atoms with Gasteiger partial charge in [0.05, 0.1) is 11.4 Å². The Kier molecular flexibility index (Phi) is 5.24. The summed E-state index contributed by atoms with van der Waals surface area (Å²) in [5.41, 5.74) is 4.89. The van der Waals surface area contributed by atoms with Gasteiger partial charge in [0.1, 0.15) is 11.4 Å². The molecule has 3 aromatic carbocycles. The molecule has 0 bridgehead atoms. The van der Waals surface area contributed by atoms with Crippen LogP contribution in [0.3, 0.4) is 0 Å². The number of rotatable bonds is 5. The molecule has 0 aliphatic carbocycles. The predicted molar refractivity (Wildman–Crippen MR) is 136 cm³/mol. The zero-order valence-corrected chi connectivity index (χ0v) is 18.5. The first-order valence-electron chi connectivity index (χ1n) is 11.4. The molecule has 0 radical (unpaired) electrons. The molecule has 1 aliphatic rings. The van der Waals surface area contributed by atoms with E-state index in [0.29, 0.717) is 0 Å². The first-order valence-corrected chi connectivity index (χ1v) is 11.4. The molecule has 5 aromatic rings. The number of hydrogen-bond donors (Lipinski definition) is 2. The van der Waals surface area contributed by atoms with E-state index in [4.69, 9.17) is 4.74 Å². The van der Waals surface area contributed by atoms with Crippen molar-refractivity contribution in [2.75, 3.05) is 17.2 Å². The minimum Gasteiger partial charge on any atom is -0.455 e. The molecule has 3 heterocycles. The van der Waals surface area contributed by atoms with Gasteiger partial charge in [-0.2, -0.15) is 0 Å². The summed E-state index contributed by atoms with van der Waals surface area (Å²) in [7, 11) is 0. The summed E-state index contributed by atoms with van der Waals surface area (Å²) >= 11 is 0. The summed E-state index contributed by atoms with van der Waals surface area (Å²) in [4.78, 5) is 4.47. The molecule has 0 spiro atoms. The SMILES string of the molecule is c1ccc(-c2nnc(Nc3ccc(Oc4ccnc5c4NCCC5)cc3)c3ccccc23)cc1. The molecule has 6 rings (SSSR count). The van der Waals surface area contributed by atoms with Crippen LogP contribution in [0, 0.1) is 0 Å². The lowest BCUT2D eigenvalue weighted by Crippen LogP contribution is -2.13. The van der Waals surface area contributed by atoms with Crippen LogP contribution >= 0.6 is 0 Å². The van der Waals surface area contributed by atoms with Gasteiger partial charge < -0.3 is 15.4 Å². The van der Waals surface area contributed by atoms with Crippen LogP contribution in [-0.4, -0.2) is 21.7 Å². The minimum atomic E-state index is 0.719. The lowest BCUT2D eigenvalue weighted by atomic mass is 10.0. The highest BCUT2D eigenvalue weighted by Gasteiger charge is 2.15. The fraction of sp³-hybridized carbons (Fsp3) is 0.107. The van der Waals surface area contributed by atoms with Crippen molar-refractivity contribution in [3.05, 3.63) is 96.8 Å². The Hall–Kier alpha value is -4.45. The fourth-order valence-electron chi connectivity index (χ4n) is 4.29. The number of nitrogens with one attached hydrogen (secondary N) is 2. The molecule has 2 N–H and O–H groups in total. The van der Waals surface area contributed by atoms with Gasteiger partial charge in [0, 0.05) is 40.8 Å². The lowest BCUT2D eigenvalue weighted by molar-refractivity contribution is 0.481. The van der Waals surface area contributed by atoms with Gasteiger partial charge in [-0.05, 0) is 37.1 Å². The molecular formula is C28H23N5O. The predicted octanol–water partition coefficient (Wildman–Crippen LogP) is 6.59. The Morgan fingerprint density at radius 2 is 1.59 bits per heavy atom. The van der Waals surface area contributed by atoms with Crippen molar-refractivity contribution in [2.45, 2.75) is 12.8 Å². The number of aryl methyl sites for hydroxylation is 1. The Morgan fingerprint density at radius 3 is 2.44 bits per heavy atom.